The third-order valence-electron chi connectivity index (χ3n) is 5.49. The van der Waals surface area contributed by atoms with E-state index in [0.717, 1.165) is 0 Å². The largest absolute Gasteiger partial charge is 0.369 e. The molecule has 1 spiro atoms. The smallest absolute Gasteiger partial charge is 0.282 e. The Morgan fingerprint density at radius 2 is 1.97 bits per heavy atom. The highest BCUT2D eigenvalue weighted by Gasteiger charge is 2.49. The molecule has 0 bridgehead atoms. The first-order valence-corrected chi connectivity index (χ1v) is 11.4. The molecule has 2 aliphatic rings. The summed E-state index contributed by atoms with van der Waals surface area (Å²) in [4.78, 5) is 14.7. The van der Waals surface area contributed by atoms with E-state index in [1.807, 2.05) is 4.90 Å². The second-order valence-electron chi connectivity index (χ2n) is 7.72. The average molecular weight is 451 g/mol. The predicted octanol–water partition coefficient (Wildman–Crippen LogP) is 0.974. The van der Waals surface area contributed by atoms with Gasteiger partial charge in [-0.3, -0.25) is 0 Å². The monoisotopic (exact) mass is 451 g/mol. The van der Waals surface area contributed by atoms with Crippen LogP contribution in [0.4, 0.5) is 14.6 Å². The number of ether oxygens (including phenoxy) is 1. The van der Waals surface area contributed by atoms with Crippen LogP contribution in [-0.4, -0.2) is 81.9 Å². The highest BCUT2D eigenvalue weighted by molar-refractivity contribution is 7.88. The molecule has 0 aliphatic carbocycles. The van der Waals surface area contributed by atoms with Crippen molar-refractivity contribution in [2.45, 2.75) is 12.0 Å². The molecule has 31 heavy (non-hydrogen) atoms. The van der Waals surface area contributed by atoms with Crippen molar-refractivity contribution in [3.8, 4) is 11.4 Å². The molecule has 2 fully saturated rings. The standard InChI is InChI=1S/C18H19F2N7O3S/c1-31(28,29)26-4-5-30-18(10-26)8-25(9-18)16-6-13(22-11-23-16)14-7-21-15-3-2-12(17(19)20)24-27(14)15/h2-3,6-7,11,17H,4-5,8-10H2,1H3. The van der Waals surface area contributed by atoms with Crippen molar-refractivity contribution in [3.63, 3.8) is 0 Å². The van der Waals surface area contributed by atoms with Crippen LogP contribution in [0.2, 0.25) is 0 Å². The number of morpholine rings is 1. The van der Waals surface area contributed by atoms with Gasteiger partial charge in [-0.15, -0.1) is 0 Å². The summed E-state index contributed by atoms with van der Waals surface area (Å²) < 4.78 is 58.5. The van der Waals surface area contributed by atoms with E-state index in [1.165, 1.54) is 39.7 Å². The molecule has 0 radical (unpaired) electrons. The van der Waals surface area contributed by atoms with Crippen molar-refractivity contribution in [1.29, 1.82) is 0 Å². The second kappa shape index (κ2) is 7.14. The molecule has 5 heterocycles. The zero-order valence-corrected chi connectivity index (χ0v) is 17.3. The summed E-state index contributed by atoms with van der Waals surface area (Å²) in [6.07, 6.45) is 1.41. The van der Waals surface area contributed by atoms with Gasteiger partial charge in [0.25, 0.3) is 6.43 Å². The summed E-state index contributed by atoms with van der Waals surface area (Å²) in [6, 6.07) is 4.45. The van der Waals surface area contributed by atoms with E-state index in [1.54, 1.807) is 6.07 Å². The predicted molar refractivity (Wildman–Crippen MR) is 106 cm³/mol. The minimum absolute atomic E-state index is 0.299. The van der Waals surface area contributed by atoms with Gasteiger partial charge in [-0.05, 0) is 12.1 Å². The molecule has 13 heteroatoms. The molecule has 0 unspecified atom stereocenters. The Hall–Kier alpha value is -2.77. The van der Waals surface area contributed by atoms with Gasteiger partial charge in [0.2, 0.25) is 10.0 Å². The molecule has 0 amide bonds. The summed E-state index contributed by atoms with van der Waals surface area (Å²) in [6.45, 7) is 1.96. The minimum atomic E-state index is -3.28. The fraction of sp³-hybridized carbons (Fsp3) is 0.444. The molecule has 3 aromatic rings. The maximum Gasteiger partial charge on any atom is 0.282 e. The summed E-state index contributed by atoms with van der Waals surface area (Å²) in [5, 5.41) is 3.97. The molecule has 5 rings (SSSR count). The van der Waals surface area contributed by atoms with E-state index in [2.05, 4.69) is 20.1 Å². The van der Waals surface area contributed by atoms with Crippen LogP contribution in [0.25, 0.3) is 17.0 Å². The topological polar surface area (TPSA) is 106 Å². The summed E-state index contributed by atoms with van der Waals surface area (Å²) in [5.74, 6) is 0.621. The number of rotatable bonds is 4. The third-order valence-corrected chi connectivity index (χ3v) is 6.74. The summed E-state index contributed by atoms with van der Waals surface area (Å²) in [7, 11) is -3.28. The molecule has 3 aromatic heterocycles. The Morgan fingerprint density at radius 3 is 2.71 bits per heavy atom. The van der Waals surface area contributed by atoms with Gasteiger partial charge in [-0.25, -0.2) is 36.7 Å². The maximum atomic E-state index is 13.1. The van der Waals surface area contributed by atoms with Crippen LogP contribution in [0.5, 0.6) is 0 Å². The van der Waals surface area contributed by atoms with Gasteiger partial charge in [-0.2, -0.15) is 9.40 Å². The molecule has 0 atom stereocenters. The van der Waals surface area contributed by atoms with Crippen molar-refractivity contribution < 1.29 is 21.9 Å². The fourth-order valence-corrected chi connectivity index (χ4v) is 4.81. The van der Waals surface area contributed by atoms with Crippen LogP contribution in [0, 0.1) is 0 Å². The van der Waals surface area contributed by atoms with Gasteiger partial charge in [0.05, 0.1) is 37.8 Å². The van der Waals surface area contributed by atoms with Crippen molar-refractivity contribution in [2.75, 3.05) is 43.9 Å². The van der Waals surface area contributed by atoms with E-state index in [9.17, 15) is 17.2 Å². The summed E-state index contributed by atoms with van der Waals surface area (Å²) in [5.41, 5.74) is 0.464. The number of anilines is 1. The number of sulfonamides is 1. The van der Waals surface area contributed by atoms with E-state index in [4.69, 9.17) is 4.74 Å². The molecule has 164 valence electrons. The van der Waals surface area contributed by atoms with Crippen molar-refractivity contribution in [3.05, 3.63) is 36.4 Å². The van der Waals surface area contributed by atoms with Crippen LogP contribution in [0.3, 0.4) is 0 Å². The van der Waals surface area contributed by atoms with E-state index in [0.29, 0.717) is 55.6 Å². The van der Waals surface area contributed by atoms with Crippen LogP contribution in [-0.2, 0) is 14.8 Å². The Bertz CT molecular complexity index is 1240. The molecular weight excluding hydrogens is 432 g/mol. The van der Waals surface area contributed by atoms with Gasteiger partial charge in [-0.1, -0.05) is 0 Å². The van der Waals surface area contributed by atoms with Gasteiger partial charge >= 0.3 is 0 Å². The highest BCUT2D eigenvalue weighted by atomic mass is 32.2. The lowest BCUT2D eigenvalue weighted by molar-refractivity contribution is -0.105. The molecule has 0 N–H and O–H groups in total. The quantitative estimate of drug-likeness (QED) is 0.578. The molecule has 0 aromatic carbocycles. The van der Waals surface area contributed by atoms with Crippen molar-refractivity contribution in [2.24, 2.45) is 0 Å². The van der Waals surface area contributed by atoms with E-state index >= 15 is 0 Å². The lowest BCUT2D eigenvalue weighted by Crippen LogP contribution is -2.70. The van der Waals surface area contributed by atoms with Crippen LogP contribution in [0.15, 0.2) is 30.7 Å². The van der Waals surface area contributed by atoms with Crippen LogP contribution < -0.4 is 4.90 Å². The number of halogens is 2. The normalized spacial score (nSPS) is 19.3. The SMILES string of the molecule is CS(=O)(=O)N1CCOC2(CN(c3cc(-c4cnc5ccc(C(F)F)nn45)ncn3)C2)C1. The zero-order valence-electron chi connectivity index (χ0n) is 16.5. The molecule has 2 aliphatic heterocycles. The Kier molecular flexibility index (Phi) is 4.64. The van der Waals surface area contributed by atoms with Gasteiger partial charge < -0.3 is 9.64 Å². The van der Waals surface area contributed by atoms with Crippen LogP contribution >= 0.6 is 0 Å². The fourth-order valence-electron chi connectivity index (χ4n) is 3.93. The van der Waals surface area contributed by atoms with Gasteiger partial charge in [0.1, 0.15) is 29.1 Å². The average Bonchev–Trinajstić information content (AvgIpc) is 3.15. The Balaban J connectivity index is 1.39. The zero-order chi connectivity index (χ0) is 21.8. The van der Waals surface area contributed by atoms with Gasteiger partial charge in [0.15, 0.2) is 5.65 Å². The third kappa shape index (κ3) is 3.62. The molecular formula is C18H19F2N7O3S. The lowest BCUT2D eigenvalue weighted by atomic mass is 9.92. The number of alkyl halides is 2. The maximum absolute atomic E-state index is 13.1. The molecule has 0 saturated carbocycles. The first-order chi connectivity index (χ1) is 14.7. The number of fused-ring (bicyclic) bond motifs is 1. The Labute approximate surface area is 176 Å². The number of hydrogen-bond acceptors (Lipinski definition) is 8. The minimum Gasteiger partial charge on any atom is -0.369 e. The highest BCUT2D eigenvalue weighted by Crippen LogP contribution is 2.34. The number of aromatic nitrogens is 5. The van der Waals surface area contributed by atoms with E-state index in [-0.39, 0.29) is 5.69 Å². The first kappa shape index (κ1) is 20.2. The first-order valence-electron chi connectivity index (χ1n) is 9.53. The molecule has 2 saturated heterocycles. The Morgan fingerprint density at radius 1 is 1.16 bits per heavy atom. The summed E-state index contributed by atoms with van der Waals surface area (Å²) >= 11 is 0. The number of imidazole rings is 1. The lowest BCUT2D eigenvalue weighted by Gasteiger charge is -2.53. The van der Waals surface area contributed by atoms with E-state index < -0.39 is 22.0 Å². The van der Waals surface area contributed by atoms with Gasteiger partial charge in [0, 0.05) is 19.2 Å². The second-order valence-corrected chi connectivity index (χ2v) is 9.70. The van der Waals surface area contributed by atoms with Crippen molar-refractivity contribution in [1.82, 2.24) is 28.9 Å². The number of hydrogen-bond donors (Lipinski definition) is 0. The van der Waals surface area contributed by atoms with Crippen LogP contribution in [0.1, 0.15) is 12.1 Å². The van der Waals surface area contributed by atoms with Crippen molar-refractivity contribution >= 4 is 21.5 Å². The number of nitrogens with zero attached hydrogens (tertiary/aromatic N) is 7. The molecule has 10 nitrogen and oxygen atoms in total.